The van der Waals surface area contributed by atoms with Crippen LogP contribution in [0.5, 0.6) is 5.75 Å². The second-order valence-corrected chi connectivity index (χ2v) is 8.05. The van der Waals surface area contributed by atoms with Crippen LogP contribution in [0.1, 0.15) is 26.7 Å². The maximum atomic E-state index is 12.4. The highest BCUT2D eigenvalue weighted by molar-refractivity contribution is 7.89. The third-order valence-corrected chi connectivity index (χ3v) is 5.79. The molecule has 0 bridgehead atoms. The van der Waals surface area contributed by atoms with Gasteiger partial charge in [0.15, 0.2) is 0 Å². The first kappa shape index (κ1) is 19.7. The van der Waals surface area contributed by atoms with E-state index in [-0.39, 0.29) is 16.8 Å². The molecule has 0 aliphatic carbocycles. The number of benzene rings is 1. The fourth-order valence-corrected chi connectivity index (χ4v) is 3.92. The Balaban J connectivity index is 1.93. The number of carbonyl (C=O) groups is 1. The molecule has 0 radical (unpaired) electrons. The molecule has 0 spiro atoms. The van der Waals surface area contributed by atoms with Crippen molar-refractivity contribution < 1.29 is 17.9 Å². The van der Waals surface area contributed by atoms with Crippen molar-refractivity contribution in [2.75, 3.05) is 26.7 Å². The largest absolute Gasteiger partial charge is 0.494 e. The van der Waals surface area contributed by atoms with Gasteiger partial charge in [0.1, 0.15) is 5.75 Å². The fraction of sp³-hybridized carbons (Fsp3) is 0.588. The van der Waals surface area contributed by atoms with Gasteiger partial charge in [-0.1, -0.05) is 0 Å². The second-order valence-electron chi connectivity index (χ2n) is 6.33. The molecule has 1 aliphatic rings. The van der Waals surface area contributed by atoms with E-state index in [0.29, 0.717) is 12.4 Å². The standard InChI is InChI=1S/C17H27N3O4S/c1-4-24-15-5-7-16(8-6-15)25(22,23)19-13(2)17(21)18-14-9-11-20(3)12-10-14/h5-8,13-14,19H,4,9-12H2,1-3H3,(H,18,21)/t13-/m0/s1. The lowest BCUT2D eigenvalue weighted by molar-refractivity contribution is -0.123. The smallest absolute Gasteiger partial charge is 0.241 e. The van der Waals surface area contributed by atoms with Crippen LogP contribution >= 0.6 is 0 Å². The number of rotatable bonds is 7. The first-order valence-corrected chi connectivity index (χ1v) is 10.0. The summed E-state index contributed by atoms with van der Waals surface area (Å²) in [6.45, 7) is 5.78. The zero-order valence-electron chi connectivity index (χ0n) is 15.0. The number of amides is 1. The Kier molecular flexibility index (Phi) is 6.80. The van der Waals surface area contributed by atoms with Crippen LogP contribution in [0.3, 0.4) is 0 Å². The van der Waals surface area contributed by atoms with Gasteiger partial charge in [0, 0.05) is 6.04 Å². The van der Waals surface area contributed by atoms with Crippen LogP contribution in [0.4, 0.5) is 0 Å². The quantitative estimate of drug-likeness (QED) is 0.748. The molecule has 0 aromatic heterocycles. The molecule has 2 N–H and O–H groups in total. The highest BCUT2D eigenvalue weighted by Crippen LogP contribution is 2.16. The topological polar surface area (TPSA) is 87.7 Å². The summed E-state index contributed by atoms with van der Waals surface area (Å²) in [5.74, 6) is 0.304. The molecule has 1 amide bonds. The first-order chi connectivity index (χ1) is 11.8. The third-order valence-electron chi connectivity index (χ3n) is 4.24. The highest BCUT2D eigenvalue weighted by atomic mass is 32.2. The predicted octanol–water partition coefficient (Wildman–Crippen LogP) is 0.963. The van der Waals surface area contributed by atoms with Crippen molar-refractivity contribution in [2.45, 2.75) is 43.7 Å². The molecule has 1 heterocycles. The number of piperidine rings is 1. The monoisotopic (exact) mass is 369 g/mol. The molecule has 1 aromatic rings. The molecule has 1 aromatic carbocycles. The normalized spacial score (nSPS) is 17.9. The van der Waals surface area contributed by atoms with Crippen LogP contribution in [0.15, 0.2) is 29.2 Å². The number of likely N-dealkylation sites (tertiary alicyclic amines) is 1. The Morgan fingerprint density at radius 3 is 2.44 bits per heavy atom. The van der Waals surface area contributed by atoms with Gasteiger partial charge in [-0.05, 0) is 71.1 Å². The third kappa shape index (κ3) is 5.69. The van der Waals surface area contributed by atoms with Crippen molar-refractivity contribution in [1.29, 1.82) is 0 Å². The van der Waals surface area contributed by atoms with Crippen LogP contribution in [-0.4, -0.2) is 58.1 Å². The molecule has 2 rings (SSSR count). The molecule has 0 saturated carbocycles. The summed E-state index contributed by atoms with van der Waals surface area (Å²) < 4.78 is 32.6. The average molecular weight is 369 g/mol. The van der Waals surface area contributed by atoms with Crippen LogP contribution in [0.25, 0.3) is 0 Å². The van der Waals surface area contributed by atoms with Crippen LogP contribution in [0, 0.1) is 0 Å². The van der Waals surface area contributed by atoms with Crippen molar-refractivity contribution in [3.63, 3.8) is 0 Å². The minimum absolute atomic E-state index is 0.0983. The van der Waals surface area contributed by atoms with Crippen molar-refractivity contribution in [2.24, 2.45) is 0 Å². The Bertz CT molecular complexity index is 668. The number of ether oxygens (including phenoxy) is 1. The molecule has 7 nitrogen and oxygen atoms in total. The van der Waals surface area contributed by atoms with Crippen LogP contribution in [0.2, 0.25) is 0 Å². The van der Waals surface area contributed by atoms with Gasteiger partial charge >= 0.3 is 0 Å². The maximum absolute atomic E-state index is 12.4. The van der Waals surface area contributed by atoms with Crippen molar-refractivity contribution in [1.82, 2.24) is 14.9 Å². The number of hydrogen-bond donors (Lipinski definition) is 2. The molecule has 8 heteroatoms. The second kappa shape index (κ2) is 8.64. The lowest BCUT2D eigenvalue weighted by atomic mass is 10.1. The lowest BCUT2D eigenvalue weighted by Gasteiger charge is -2.30. The number of hydrogen-bond acceptors (Lipinski definition) is 5. The lowest BCUT2D eigenvalue weighted by Crippen LogP contribution is -2.50. The number of nitrogens with one attached hydrogen (secondary N) is 2. The van der Waals surface area contributed by atoms with E-state index in [0.717, 1.165) is 25.9 Å². The minimum Gasteiger partial charge on any atom is -0.494 e. The van der Waals surface area contributed by atoms with E-state index in [9.17, 15) is 13.2 Å². The highest BCUT2D eigenvalue weighted by Gasteiger charge is 2.25. The van der Waals surface area contributed by atoms with E-state index in [1.54, 1.807) is 19.1 Å². The Morgan fingerprint density at radius 1 is 1.28 bits per heavy atom. The van der Waals surface area contributed by atoms with Gasteiger partial charge in [-0.15, -0.1) is 0 Å². The van der Waals surface area contributed by atoms with E-state index in [2.05, 4.69) is 14.9 Å². The maximum Gasteiger partial charge on any atom is 0.241 e. The molecule has 1 saturated heterocycles. The molecule has 1 atom stereocenters. The Labute approximate surface area is 149 Å². The van der Waals surface area contributed by atoms with Crippen molar-refractivity contribution in [3.8, 4) is 5.75 Å². The van der Waals surface area contributed by atoms with Gasteiger partial charge in [0.05, 0.1) is 17.5 Å². The van der Waals surface area contributed by atoms with Crippen LogP contribution in [-0.2, 0) is 14.8 Å². The minimum atomic E-state index is -3.76. The summed E-state index contributed by atoms with van der Waals surface area (Å²) in [7, 11) is -1.71. The van der Waals surface area contributed by atoms with Gasteiger partial charge < -0.3 is 15.0 Å². The zero-order valence-corrected chi connectivity index (χ0v) is 15.8. The summed E-state index contributed by atoms with van der Waals surface area (Å²) in [6.07, 6.45) is 1.75. The average Bonchev–Trinajstić information content (AvgIpc) is 2.57. The number of nitrogens with zero attached hydrogens (tertiary/aromatic N) is 1. The van der Waals surface area contributed by atoms with E-state index < -0.39 is 16.1 Å². The van der Waals surface area contributed by atoms with Gasteiger partial charge in [-0.25, -0.2) is 8.42 Å². The van der Waals surface area contributed by atoms with Crippen molar-refractivity contribution in [3.05, 3.63) is 24.3 Å². The van der Waals surface area contributed by atoms with Gasteiger partial charge in [-0.2, -0.15) is 4.72 Å². The van der Waals surface area contributed by atoms with E-state index in [4.69, 9.17) is 4.74 Å². The Hall–Kier alpha value is -1.64. The summed E-state index contributed by atoms with van der Waals surface area (Å²) in [5.41, 5.74) is 0. The summed E-state index contributed by atoms with van der Waals surface area (Å²) in [5, 5.41) is 2.93. The predicted molar refractivity (Wildman–Crippen MR) is 96.1 cm³/mol. The summed E-state index contributed by atoms with van der Waals surface area (Å²) >= 11 is 0. The summed E-state index contributed by atoms with van der Waals surface area (Å²) in [4.78, 5) is 14.6. The van der Waals surface area contributed by atoms with E-state index in [1.165, 1.54) is 12.1 Å². The number of carbonyl (C=O) groups excluding carboxylic acids is 1. The van der Waals surface area contributed by atoms with Crippen molar-refractivity contribution >= 4 is 15.9 Å². The Morgan fingerprint density at radius 2 is 1.88 bits per heavy atom. The van der Waals surface area contributed by atoms with E-state index >= 15 is 0 Å². The van der Waals surface area contributed by atoms with Crippen LogP contribution < -0.4 is 14.8 Å². The first-order valence-electron chi connectivity index (χ1n) is 8.56. The molecular formula is C17H27N3O4S. The fourth-order valence-electron chi connectivity index (χ4n) is 2.72. The summed E-state index contributed by atoms with van der Waals surface area (Å²) in [6, 6.07) is 5.39. The van der Waals surface area contributed by atoms with Gasteiger partial charge in [0.25, 0.3) is 0 Å². The zero-order chi connectivity index (χ0) is 18.4. The molecule has 140 valence electrons. The van der Waals surface area contributed by atoms with Gasteiger partial charge in [0.2, 0.25) is 15.9 Å². The molecule has 1 aliphatic heterocycles. The number of sulfonamides is 1. The van der Waals surface area contributed by atoms with E-state index in [1.807, 2.05) is 14.0 Å². The SMILES string of the molecule is CCOc1ccc(S(=O)(=O)N[C@@H](C)C(=O)NC2CCN(C)CC2)cc1. The molecule has 1 fully saturated rings. The molecule has 25 heavy (non-hydrogen) atoms. The molecule has 0 unspecified atom stereocenters. The van der Waals surface area contributed by atoms with Gasteiger partial charge in [-0.3, -0.25) is 4.79 Å². The molecular weight excluding hydrogens is 342 g/mol.